The molecule has 0 spiro atoms. The number of ether oxygens (including phenoxy) is 2. The smallest absolute Gasteiger partial charge is 0.293 e. The zero-order valence-corrected chi connectivity index (χ0v) is 34.5. The van der Waals surface area contributed by atoms with Gasteiger partial charge in [-0.1, -0.05) is 43.3 Å². The molecule has 2 aliphatic carbocycles. The van der Waals surface area contributed by atoms with Crippen molar-refractivity contribution in [2.75, 3.05) is 31.6 Å². The number of nitrogens with zero attached hydrogens (tertiary/aromatic N) is 3. The number of fused-ring (bicyclic) bond motifs is 1. The minimum absolute atomic E-state index is 0.0155. The summed E-state index contributed by atoms with van der Waals surface area (Å²) >= 11 is 0. The first-order valence-electron chi connectivity index (χ1n) is 21.1. The molecule has 3 atom stereocenters. The molecule has 4 aliphatic rings. The van der Waals surface area contributed by atoms with Gasteiger partial charge in [0.25, 0.3) is 21.6 Å². The Morgan fingerprint density at radius 1 is 1.00 bits per heavy atom. The summed E-state index contributed by atoms with van der Waals surface area (Å²) in [7, 11) is -4.54. The largest absolute Gasteiger partial charge is 0.455 e. The first-order valence-corrected chi connectivity index (χ1v) is 22.6. The third-order valence-corrected chi connectivity index (χ3v) is 14.1. The highest BCUT2D eigenvalue weighted by atomic mass is 32.2. The van der Waals surface area contributed by atoms with Crippen LogP contribution in [0.15, 0.2) is 96.2 Å². The van der Waals surface area contributed by atoms with Crippen molar-refractivity contribution < 1.29 is 27.6 Å². The number of amides is 1. The predicted octanol–water partition coefficient (Wildman–Crippen LogP) is 9.12. The fourth-order valence-corrected chi connectivity index (χ4v) is 10.3. The van der Waals surface area contributed by atoms with E-state index in [-0.39, 0.29) is 22.9 Å². The van der Waals surface area contributed by atoms with E-state index in [1.54, 1.807) is 30.6 Å². The van der Waals surface area contributed by atoms with Gasteiger partial charge in [0.2, 0.25) is 0 Å². The summed E-state index contributed by atoms with van der Waals surface area (Å²) in [5.41, 5.74) is 5.49. The van der Waals surface area contributed by atoms with E-state index in [0.717, 1.165) is 61.2 Å². The number of hydrogen-bond acceptors (Lipinski definition) is 10. The lowest BCUT2D eigenvalue weighted by Crippen LogP contribution is -2.37. The van der Waals surface area contributed by atoms with Gasteiger partial charge in [-0.3, -0.25) is 19.8 Å². The molecular weight excluding hydrogens is 781 g/mol. The van der Waals surface area contributed by atoms with E-state index in [2.05, 4.69) is 62.2 Å². The average molecular weight is 831 g/mol. The number of anilines is 1. The molecule has 0 radical (unpaired) electrons. The number of carbonyl (C=O) groups is 1. The summed E-state index contributed by atoms with van der Waals surface area (Å²) in [5.74, 6) is 1.14. The number of aromatic nitrogens is 2. The van der Waals surface area contributed by atoms with Crippen LogP contribution in [-0.4, -0.2) is 66.5 Å². The molecule has 60 heavy (non-hydrogen) atoms. The highest BCUT2D eigenvalue weighted by molar-refractivity contribution is 7.90. The standard InChI is InChI=1S/C46H50N6O7S/c1-29-17-21-51(44(29)39-5-3-2-4-38(39)32-6-7-32)35-11-8-31(9-12-35)33-10-14-40(43(25-33)59-36-24-34-16-20-47-45(34)49-28-36)46(53)50-60(56,57)37-13-15-41(42(26-37)52(54)55)48-27-30-18-22-58-23-19-30/h2-5,8,10,13-16,20,24-26,28-30,32,35,44,48H,6-7,9,11-12,17-19,21-23,27H2,1H3,(H,47,49)(H,50,53). The molecule has 0 bridgehead atoms. The van der Waals surface area contributed by atoms with Crippen LogP contribution in [0.3, 0.4) is 0 Å². The second-order valence-corrected chi connectivity index (χ2v) is 18.4. The number of aromatic amines is 1. The molecule has 5 aromatic rings. The Labute approximate surface area is 349 Å². The molecule has 14 heteroatoms. The molecule has 2 saturated heterocycles. The van der Waals surface area contributed by atoms with Crippen LogP contribution in [0.5, 0.6) is 11.5 Å². The Morgan fingerprint density at radius 3 is 2.58 bits per heavy atom. The Hall–Kier alpha value is -5.57. The number of likely N-dealkylation sites (tertiary alicyclic amines) is 1. The average Bonchev–Trinajstić information content (AvgIpc) is 3.88. The number of H-pyrrole nitrogens is 1. The number of hydrogen-bond donors (Lipinski definition) is 3. The van der Waals surface area contributed by atoms with Crippen molar-refractivity contribution in [3.8, 4) is 11.5 Å². The van der Waals surface area contributed by atoms with E-state index >= 15 is 0 Å². The second kappa shape index (κ2) is 16.8. The van der Waals surface area contributed by atoms with Gasteiger partial charge in [0.05, 0.1) is 21.6 Å². The highest BCUT2D eigenvalue weighted by Gasteiger charge is 2.40. The number of rotatable bonds is 13. The van der Waals surface area contributed by atoms with Crippen molar-refractivity contribution in [2.45, 2.75) is 81.2 Å². The molecule has 3 fully saturated rings. The van der Waals surface area contributed by atoms with E-state index in [1.807, 2.05) is 12.1 Å². The van der Waals surface area contributed by atoms with Gasteiger partial charge in [-0.05, 0) is 134 Å². The molecule has 13 nitrogen and oxygen atoms in total. The molecule has 2 aromatic heterocycles. The van der Waals surface area contributed by atoms with Crippen molar-refractivity contribution in [2.24, 2.45) is 11.8 Å². The molecule has 1 amide bonds. The van der Waals surface area contributed by atoms with E-state index in [4.69, 9.17) is 9.47 Å². The molecule has 3 aromatic carbocycles. The predicted molar refractivity (Wildman–Crippen MR) is 230 cm³/mol. The lowest BCUT2D eigenvalue weighted by atomic mass is 9.86. The minimum atomic E-state index is -4.54. The Bertz CT molecular complexity index is 2560. The Kier molecular flexibility index (Phi) is 11.2. The number of sulfonamides is 1. The number of allylic oxidation sites excluding steroid dienone is 1. The van der Waals surface area contributed by atoms with E-state index in [0.29, 0.717) is 55.1 Å². The highest BCUT2D eigenvalue weighted by Crippen LogP contribution is 2.48. The number of nitro benzene ring substituents is 1. The van der Waals surface area contributed by atoms with E-state index < -0.39 is 31.4 Å². The van der Waals surface area contributed by atoms with Crippen molar-refractivity contribution in [3.63, 3.8) is 0 Å². The summed E-state index contributed by atoms with van der Waals surface area (Å²) in [5, 5.41) is 16.0. The SMILES string of the molecule is CC1CCN(C2CC=C(c3ccc(C(=O)NS(=O)(=O)c4ccc(NCC5CCOCC5)c([N+](=O)[O-])c4)c(Oc4cnc5[nH]ccc5c4)c3)CC2)C1c1ccccc1C1CC1. The van der Waals surface area contributed by atoms with E-state index in [1.165, 1.54) is 42.5 Å². The van der Waals surface area contributed by atoms with Crippen LogP contribution in [0.4, 0.5) is 11.4 Å². The molecule has 3 unspecified atom stereocenters. The first-order chi connectivity index (χ1) is 29.1. The maximum Gasteiger partial charge on any atom is 0.293 e. The number of nitro groups is 1. The number of carbonyl (C=O) groups excluding carboxylic acids is 1. The van der Waals surface area contributed by atoms with Gasteiger partial charge in [0.1, 0.15) is 22.8 Å². The van der Waals surface area contributed by atoms with E-state index in [9.17, 15) is 23.3 Å². The van der Waals surface area contributed by atoms with Crippen LogP contribution >= 0.6 is 0 Å². The third-order valence-electron chi connectivity index (χ3n) is 12.7. The third kappa shape index (κ3) is 8.41. The van der Waals surface area contributed by atoms with Gasteiger partial charge in [0.15, 0.2) is 0 Å². The molecule has 4 heterocycles. The zero-order chi connectivity index (χ0) is 41.4. The van der Waals surface area contributed by atoms with Crippen LogP contribution in [0.25, 0.3) is 16.6 Å². The van der Waals surface area contributed by atoms with Gasteiger partial charge in [0, 0.05) is 49.5 Å². The van der Waals surface area contributed by atoms with Crippen molar-refractivity contribution in [3.05, 3.63) is 124 Å². The topological polar surface area (TPSA) is 169 Å². The molecule has 3 N–H and O–H groups in total. The quantitative estimate of drug-likeness (QED) is 0.0769. The Balaban J connectivity index is 0.960. The summed E-state index contributed by atoms with van der Waals surface area (Å²) in [4.78, 5) is 35.2. The monoisotopic (exact) mass is 830 g/mol. The van der Waals surface area contributed by atoms with Gasteiger partial charge >= 0.3 is 0 Å². The maximum absolute atomic E-state index is 13.9. The molecule has 312 valence electrons. The van der Waals surface area contributed by atoms with Crippen LogP contribution in [0.2, 0.25) is 0 Å². The lowest BCUT2D eigenvalue weighted by molar-refractivity contribution is -0.384. The summed E-state index contributed by atoms with van der Waals surface area (Å²) in [6.07, 6.45) is 13.7. The molecular formula is C46H50N6O7S. The first kappa shape index (κ1) is 39.9. The molecule has 1 saturated carbocycles. The summed E-state index contributed by atoms with van der Waals surface area (Å²) < 4.78 is 41.2. The Morgan fingerprint density at radius 2 is 1.82 bits per heavy atom. The lowest BCUT2D eigenvalue weighted by Gasteiger charge is -2.37. The van der Waals surface area contributed by atoms with Crippen molar-refractivity contribution in [1.82, 2.24) is 19.6 Å². The summed E-state index contributed by atoms with van der Waals surface area (Å²) in [6, 6.07) is 22.3. The normalized spacial score (nSPS) is 21.4. The fraction of sp³-hybridized carbons (Fsp3) is 0.391. The zero-order valence-electron chi connectivity index (χ0n) is 33.6. The summed E-state index contributed by atoms with van der Waals surface area (Å²) in [6.45, 7) is 5.22. The fourth-order valence-electron chi connectivity index (χ4n) is 9.32. The van der Waals surface area contributed by atoms with Gasteiger partial charge < -0.3 is 19.8 Å². The van der Waals surface area contributed by atoms with Crippen molar-refractivity contribution >= 4 is 43.9 Å². The van der Waals surface area contributed by atoms with Gasteiger partial charge in [-0.2, -0.15) is 0 Å². The van der Waals surface area contributed by atoms with Crippen LogP contribution in [-0.2, 0) is 14.8 Å². The van der Waals surface area contributed by atoms with Crippen LogP contribution < -0.4 is 14.8 Å². The molecule has 2 aliphatic heterocycles. The number of pyridine rings is 1. The van der Waals surface area contributed by atoms with Crippen molar-refractivity contribution in [1.29, 1.82) is 0 Å². The van der Waals surface area contributed by atoms with Crippen LogP contribution in [0, 0.1) is 22.0 Å². The molecule has 9 rings (SSSR count). The minimum Gasteiger partial charge on any atom is -0.455 e. The second-order valence-electron chi connectivity index (χ2n) is 16.7. The van der Waals surface area contributed by atoms with Gasteiger partial charge in [-0.15, -0.1) is 0 Å². The van der Waals surface area contributed by atoms with Gasteiger partial charge in [-0.25, -0.2) is 18.1 Å². The number of nitrogens with one attached hydrogen (secondary N) is 3. The van der Waals surface area contributed by atoms with Crippen LogP contribution in [0.1, 0.15) is 97.3 Å². The maximum atomic E-state index is 13.9. The number of benzene rings is 3.